The van der Waals surface area contributed by atoms with Crippen molar-refractivity contribution in [3.05, 3.63) is 59.7 Å². The van der Waals surface area contributed by atoms with E-state index in [0.29, 0.717) is 24.0 Å². The van der Waals surface area contributed by atoms with E-state index in [4.69, 9.17) is 16.2 Å². The summed E-state index contributed by atoms with van der Waals surface area (Å²) in [6.45, 7) is 10.3. The number of phenolic OH excluding ortho intramolecular Hbond substituents is 1. The quantitative estimate of drug-likeness (QED) is 0.0710. The zero-order valence-electron chi connectivity index (χ0n) is 30.7. The Bertz CT molecular complexity index is 1520. The van der Waals surface area contributed by atoms with Crippen LogP contribution in [-0.4, -0.2) is 82.5 Å². The van der Waals surface area contributed by atoms with Crippen LogP contribution in [0.25, 0.3) is 0 Å². The lowest BCUT2D eigenvalue weighted by Gasteiger charge is -2.26. The van der Waals surface area contributed by atoms with Crippen molar-refractivity contribution in [2.24, 2.45) is 29.2 Å². The highest BCUT2D eigenvalue weighted by atomic mass is 16.5. The number of nitrogens with one attached hydrogen (secondary N) is 4. The lowest BCUT2D eigenvalue weighted by atomic mass is 9.97. The average Bonchev–Trinajstić information content (AvgIpc) is 3.11. The van der Waals surface area contributed by atoms with Crippen LogP contribution in [0.15, 0.2) is 48.5 Å². The SMILES string of the molecule is CC[C@H](C)[C@H](N)C(=O)N[C@@H](Cc1ccc(OC(=O)[C@@H](NC(=O)[C@H](Cc2ccc(O)cc2)NC(=O)CN)[C@@H](C)CC)cc1)C(=O)N[C@H](C(=O)O)C(C)C. The molecule has 0 aliphatic rings. The van der Waals surface area contributed by atoms with Crippen molar-refractivity contribution in [3.8, 4) is 11.5 Å². The Labute approximate surface area is 304 Å². The number of carbonyl (C=O) groups excluding carboxylic acids is 5. The van der Waals surface area contributed by atoms with E-state index in [-0.39, 0.29) is 42.7 Å². The number of aliphatic carboxylic acids is 1. The number of aromatic hydroxyl groups is 1. The highest BCUT2D eigenvalue weighted by molar-refractivity contribution is 5.93. The van der Waals surface area contributed by atoms with Crippen LogP contribution in [-0.2, 0) is 41.6 Å². The number of hydrogen-bond donors (Lipinski definition) is 8. The molecule has 15 heteroatoms. The molecule has 0 fully saturated rings. The maximum Gasteiger partial charge on any atom is 0.334 e. The molecule has 2 rings (SSSR count). The van der Waals surface area contributed by atoms with Gasteiger partial charge in [0, 0.05) is 12.8 Å². The third-order valence-corrected chi connectivity index (χ3v) is 8.98. The summed E-state index contributed by atoms with van der Waals surface area (Å²) in [5.41, 5.74) is 12.8. The van der Waals surface area contributed by atoms with Gasteiger partial charge in [0.2, 0.25) is 23.6 Å². The first-order valence-corrected chi connectivity index (χ1v) is 17.5. The number of carbonyl (C=O) groups is 6. The first kappa shape index (κ1) is 43.1. The molecule has 15 nitrogen and oxygen atoms in total. The van der Waals surface area contributed by atoms with Gasteiger partial charge in [-0.25, -0.2) is 9.59 Å². The van der Waals surface area contributed by atoms with E-state index < -0.39 is 71.7 Å². The minimum absolute atomic E-state index is 0.0219. The minimum Gasteiger partial charge on any atom is -0.508 e. The van der Waals surface area contributed by atoms with Gasteiger partial charge in [-0.15, -0.1) is 0 Å². The van der Waals surface area contributed by atoms with Crippen molar-refractivity contribution in [2.45, 2.75) is 97.4 Å². The van der Waals surface area contributed by atoms with Gasteiger partial charge < -0.3 is 47.7 Å². The maximum absolute atomic E-state index is 13.4. The Kier molecular flexibility index (Phi) is 17.2. The Morgan fingerprint density at radius 3 is 1.63 bits per heavy atom. The topological polar surface area (TPSA) is 252 Å². The number of hydrogen-bond acceptors (Lipinski definition) is 10. The van der Waals surface area contributed by atoms with E-state index in [1.807, 2.05) is 20.8 Å². The third kappa shape index (κ3) is 13.3. The number of amides is 4. The van der Waals surface area contributed by atoms with E-state index in [1.165, 1.54) is 24.3 Å². The molecule has 4 amide bonds. The molecule has 0 aliphatic heterocycles. The van der Waals surface area contributed by atoms with Crippen molar-refractivity contribution in [1.29, 1.82) is 0 Å². The normalized spacial score (nSPS) is 15.2. The fraction of sp³-hybridized carbons (Fsp3) is 0.514. The molecule has 10 N–H and O–H groups in total. The van der Waals surface area contributed by atoms with E-state index in [0.717, 1.165) is 0 Å². The predicted molar refractivity (Wildman–Crippen MR) is 194 cm³/mol. The number of rotatable bonds is 20. The van der Waals surface area contributed by atoms with Gasteiger partial charge in [-0.1, -0.05) is 78.6 Å². The smallest absolute Gasteiger partial charge is 0.334 e. The molecule has 0 spiro atoms. The van der Waals surface area contributed by atoms with Crippen LogP contribution < -0.4 is 37.5 Å². The molecule has 7 atom stereocenters. The summed E-state index contributed by atoms with van der Waals surface area (Å²) in [4.78, 5) is 77.1. The van der Waals surface area contributed by atoms with E-state index >= 15 is 0 Å². The first-order chi connectivity index (χ1) is 24.5. The molecule has 0 aliphatic carbocycles. The summed E-state index contributed by atoms with van der Waals surface area (Å²) in [5.74, 6) is -5.18. The predicted octanol–water partition coefficient (Wildman–Crippen LogP) is 1.14. The lowest BCUT2D eigenvalue weighted by molar-refractivity contribution is -0.143. The molecule has 0 radical (unpaired) electrons. The molecule has 0 saturated carbocycles. The molecule has 0 saturated heterocycles. The van der Waals surface area contributed by atoms with Gasteiger partial charge in [0.1, 0.15) is 35.7 Å². The van der Waals surface area contributed by atoms with E-state index in [2.05, 4.69) is 21.3 Å². The summed E-state index contributed by atoms with van der Waals surface area (Å²) in [6, 6.07) is 6.90. The van der Waals surface area contributed by atoms with Crippen molar-refractivity contribution >= 4 is 35.6 Å². The van der Waals surface area contributed by atoms with Crippen LogP contribution in [0.3, 0.4) is 0 Å². The fourth-order valence-corrected chi connectivity index (χ4v) is 5.12. The van der Waals surface area contributed by atoms with Crippen molar-refractivity contribution in [3.63, 3.8) is 0 Å². The monoisotopic (exact) mass is 726 g/mol. The van der Waals surface area contributed by atoms with Gasteiger partial charge in [0.25, 0.3) is 0 Å². The zero-order chi connectivity index (χ0) is 39.1. The summed E-state index contributed by atoms with van der Waals surface area (Å²) in [7, 11) is 0. The number of esters is 1. The first-order valence-electron chi connectivity index (χ1n) is 17.5. The molecule has 0 unspecified atom stereocenters. The van der Waals surface area contributed by atoms with Crippen LogP contribution in [0, 0.1) is 17.8 Å². The summed E-state index contributed by atoms with van der Waals surface area (Å²) >= 11 is 0. The summed E-state index contributed by atoms with van der Waals surface area (Å²) < 4.78 is 5.64. The fourth-order valence-electron chi connectivity index (χ4n) is 5.12. The molecule has 2 aromatic carbocycles. The van der Waals surface area contributed by atoms with Gasteiger partial charge in [-0.2, -0.15) is 0 Å². The molecule has 0 aromatic heterocycles. The number of nitrogens with two attached hydrogens (primary N) is 2. The van der Waals surface area contributed by atoms with Crippen molar-refractivity contribution < 1.29 is 43.7 Å². The summed E-state index contributed by atoms with van der Waals surface area (Å²) in [5, 5.41) is 29.7. The van der Waals surface area contributed by atoms with Crippen molar-refractivity contribution in [1.82, 2.24) is 21.3 Å². The largest absolute Gasteiger partial charge is 0.508 e. The van der Waals surface area contributed by atoms with Gasteiger partial charge in [0.15, 0.2) is 0 Å². The van der Waals surface area contributed by atoms with E-state index in [9.17, 15) is 39.0 Å². The van der Waals surface area contributed by atoms with Crippen LogP contribution in [0.2, 0.25) is 0 Å². The van der Waals surface area contributed by atoms with Crippen LogP contribution in [0.5, 0.6) is 11.5 Å². The second-order valence-corrected chi connectivity index (χ2v) is 13.4. The minimum atomic E-state index is -1.21. The molecule has 0 heterocycles. The van der Waals surface area contributed by atoms with Crippen LogP contribution >= 0.6 is 0 Å². The maximum atomic E-state index is 13.4. The Hall–Kier alpha value is -5.02. The second-order valence-electron chi connectivity index (χ2n) is 13.4. The van der Waals surface area contributed by atoms with E-state index in [1.54, 1.807) is 45.0 Å². The Balaban J connectivity index is 2.25. The van der Waals surface area contributed by atoms with Crippen LogP contribution in [0.1, 0.15) is 65.5 Å². The highest BCUT2D eigenvalue weighted by Gasteiger charge is 2.33. The van der Waals surface area contributed by atoms with Gasteiger partial charge in [-0.3, -0.25) is 19.2 Å². The molecular weight excluding hydrogens is 672 g/mol. The number of benzene rings is 2. The Morgan fingerprint density at radius 2 is 1.17 bits per heavy atom. The summed E-state index contributed by atoms with van der Waals surface area (Å²) in [6.07, 6.45) is 1.18. The molecule has 286 valence electrons. The molecule has 2 aromatic rings. The van der Waals surface area contributed by atoms with Crippen molar-refractivity contribution in [2.75, 3.05) is 6.54 Å². The standard InChI is InChI=1S/C37H54N6O9/c1-7-21(5)30(39)35(48)41-28(34(47)42-31(20(3)4)36(49)50)18-24-11-15-26(16-12-24)52-37(51)32(22(6)8-2)43-33(46)27(40-29(45)19-38)17-23-9-13-25(44)14-10-23/h9-16,20-22,27-28,30-32,44H,7-8,17-19,38-39H2,1-6H3,(H,40,45)(H,41,48)(H,42,47)(H,43,46)(H,49,50)/t21-,22-,27-,28-,30-,31-,32-/m0/s1. The average molecular weight is 727 g/mol. The zero-order valence-corrected chi connectivity index (χ0v) is 30.7. The number of carboxylic acid groups (broad SMARTS) is 1. The second kappa shape index (κ2) is 20.7. The molecular formula is C37H54N6O9. The van der Waals surface area contributed by atoms with Gasteiger partial charge >= 0.3 is 11.9 Å². The molecule has 0 bridgehead atoms. The number of ether oxygens (including phenoxy) is 1. The van der Waals surface area contributed by atoms with Gasteiger partial charge in [-0.05, 0) is 53.1 Å². The number of carboxylic acids is 1. The highest BCUT2D eigenvalue weighted by Crippen LogP contribution is 2.18. The lowest BCUT2D eigenvalue weighted by Crippen LogP contribution is -2.57. The van der Waals surface area contributed by atoms with Gasteiger partial charge in [0.05, 0.1) is 12.6 Å². The third-order valence-electron chi connectivity index (χ3n) is 8.98. The number of phenols is 1. The Morgan fingerprint density at radius 1 is 0.692 bits per heavy atom. The van der Waals surface area contributed by atoms with Crippen LogP contribution in [0.4, 0.5) is 0 Å². The molecule has 52 heavy (non-hydrogen) atoms.